The third-order valence-corrected chi connectivity index (χ3v) is 5.48. The summed E-state index contributed by atoms with van der Waals surface area (Å²) in [5, 5.41) is 11.5. The monoisotopic (exact) mass is 413 g/mol. The Hall–Kier alpha value is -2.70. The van der Waals surface area contributed by atoms with Gasteiger partial charge < -0.3 is 14.9 Å². The molecule has 0 bridgehead atoms. The van der Waals surface area contributed by atoms with Gasteiger partial charge in [0.15, 0.2) is 0 Å². The minimum absolute atomic E-state index is 0.0862. The molecular weight excluding hydrogens is 390 g/mol. The maximum Gasteiger partial charge on any atom is 0.295 e. The Morgan fingerprint density at radius 2 is 1.72 bits per heavy atom. The van der Waals surface area contributed by atoms with Gasteiger partial charge in [-0.1, -0.05) is 37.6 Å². The van der Waals surface area contributed by atoms with E-state index in [1.54, 1.807) is 36.4 Å². The first-order chi connectivity index (χ1) is 14.0. The first-order valence-corrected chi connectivity index (χ1v) is 10.0. The van der Waals surface area contributed by atoms with Crippen LogP contribution >= 0.6 is 11.6 Å². The van der Waals surface area contributed by atoms with Crippen LogP contribution in [0.4, 0.5) is 0 Å². The van der Waals surface area contributed by atoms with Crippen LogP contribution in [0, 0.1) is 0 Å². The second kappa shape index (κ2) is 9.20. The maximum atomic E-state index is 12.9. The van der Waals surface area contributed by atoms with E-state index in [4.69, 9.17) is 11.6 Å². The van der Waals surface area contributed by atoms with Crippen molar-refractivity contribution in [2.24, 2.45) is 0 Å². The topological polar surface area (TPSA) is 73.7 Å². The zero-order valence-electron chi connectivity index (χ0n) is 16.5. The third-order valence-electron chi connectivity index (χ3n) is 5.23. The molecule has 1 aromatic carbocycles. The fourth-order valence-corrected chi connectivity index (χ4v) is 3.68. The minimum Gasteiger partial charge on any atom is -0.507 e. The van der Waals surface area contributed by atoms with Gasteiger partial charge in [0.25, 0.3) is 11.7 Å². The van der Waals surface area contributed by atoms with Crippen molar-refractivity contribution in [2.75, 3.05) is 26.2 Å². The van der Waals surface area contributed by atoms with E-state index in [-0.39, 0.29) is 11.3 Å². The minimum atomic E-state index is -0.682. The Morgan fingerprint density at radius 3 is 2.31 bits per heavy atom. The van der Waals surface area contributed by atoms with Crippen molar-refractivity contribution in [3.63, 3.8) is 0 Å². The zero-order valence-corrected chi connectivity index (χ0v) is 17.3. The van der Waals surface area contributed by atoms with Gasteiger partial charge in [0.1, 0.15) is 5.76 Å². The number of carbonyl (C=O) groups excluding carboxylic acids is 2. The molecule has 29 heavy (non-hydrogen) atoms. The molecule has 1 aromatic heterocycles. The van der Waals surface area contributed by atoms with E-state index in [1.807, 2.05) is 0 Å². The van der Waals surface area contributed by atoms with Gasteiger partial charge in [-0.05, 0) is 42.9 Å². The zero-order chi connectivity index (χ0) is 21.0. The average Bonchev–Trinajstić information content (AvgIpc) is 3.00. The number of amides is 1. The average molecular weight is 414 g/mol. The highest BCUT2D eigenvalue weighted by atomic mass is 35.5. The third kappa shape index (κ3) is 4.33. The molecule has 0 saturated carbocycles. The number of likely N-dealkylation sites (N-methyl/N-ethyl adjacent to an activating group) is 1. The summed E-state index contributed by atoms with van der Waals surface area (Å²) in [5.41, 5.74) is 1.26. The Labute approximate surface area is 175 Å². The number of hydrogen-bond donors (Lipinski definition) is 1. The Morgan fingerprint density at radius 1 is 1.10 bits per heavy atom. The van der Waals surface area contributed by atoms with Crippen LogP contribution in [-0.4, -0.2) is 57.8 Å². The number of hydrogen-bond acceptors (Lipinski definition) is 5. The summed E-state index contributed by atoms with van der Waals surface area (Å²) in [6.45, 7) is 6.83. The van der Waals surface area contributed by atoms with Crippen molar-refractivity contribution in [1.29, 1.82) is 0 Å². The molecule has 1 N–H and O–H groups in total. The van der Waals surface area contributed by atoms with Crippen LogP contribution in [0.2, 0.25) is 5.02 Å². The maximum absolute atomic E-state index is 12.9. The summed E-state index contributed by atoms with van der Waals surface area (Å²) in [6.07, 6.45) is 3.06. The standard InChI is InChI=1S/C22H24ClN3O3/c1-3-25(4-2)13-14-26-19(15-5-7-17(23)8-6-15)18(21(28)22(26)29)20(27)16-9-11-24-12-10-16/h5-12,19,27H,3-4,13-14H2,1-2H3/b20-18+/t19-/m1/s1. The summed E-state index contributed by atoms with van der Waals surface area (Å²) < 4.78 is 0. The van der Waals surface area contributed by atoms with E-state index in [9.17, 15) is 14.7 Å². The van der Waals surface area contributed by atoms with E-state index >= 15 is 0 Å². The molecule has 0 spiro atoms. The van der Waals surface area contributed by atoms with E-state index in [0.29, 0.717) is 23.7 Å². The highest BCUT2D eigenvalue weighted by molar-refractivity contribution is 6.46. The smallest absolute Gasteiger partial charge is 0.295 e. The number of aromatic nitrogens is 1. The lowest BCUT2D eigenvalue weighted by molar-refractivity contribution is -0.140. The van der Waals surface area contributed by atoms with Gasteiger partial charge in [0.2, 0.25) is 0 Å². The second-order valence-electron chi connectivity index (χ2n) is 6.81. The molecular formula is C22H24ClN3O3. The molecule has 1 saturated heterocycles. The molecule has 6 nitrogen and oxygen atoms in total. The number of aliphatic hydroxyl groups excluding tert-OH is 1. The van der Waals surface area contributed by atoms with Crippen LogP contribution in [0.3, 0.4) is 0 Å². The quantitative estimate of drug-likeness (QED) is 0.427. The van der Waals surface area contributed by atoms with E-state index < -0.39 is 17.7 Å². The molecule has 2 heterocycles. The number of aliphatic hydroxyl groups is 1. The number of nitrogens with zero attached hydrogens (tertiary/aromatic N) is 3. The predicted molar refractivity (Wildman–Crippen MR) is 112 cm³/mol. The molecule has 7 heteroatoms. The second-order valence-corrected chi connectivity index (χ2v) is 7.24. The van der Waals surface area contributed by atoms with Gasteiger partial charge in [-0.25, -0.2) is 0 Å². The largest absolute Gasteiger partial charge is 0.507 e. The van der Waals surface area contributed by atoms with Crippen LogP contribution in [0.5, 0.6) is 0 Å². The lowest BCUT2D eigenvalue weighted by Gasteiger charge is -2.28. The summed E-state index contributed by atoms with van der Waals surface area (Å²) >= 11 is 6.02. The fourth-order valence-electron chi connectivity index (χ4n) is 3.56. The molecule has 0 aliphatic carbocycles. The van der Waals surface area contributed by atoms with Crippen molar-refractivity contribution < 1.29 is 14.7 Å². The first kappa shape index (κ1) is 21.0. The van der Waals surface area contributed by atoms with E-state index in [1.165, 1.54) is 17.3 Å². The SMILES string of the molecule is CCN(CC)CCN1C(=O)C(=O)/C(=C(/O)c2ccncc2)[C@H]1c1ccc(Cl)cc1. The summed E-state index contributed by atoms with van der Waals surface area (Å²) in [6, 6.07) is 9.54. The summed E-state index contributed by atoms with van der Waals surface area (Å²) in [4.78, 5) is 33.4. The number of carbonyl (C=O) groups is 2. The fraction of sp³-hybridized carbons (Fsp3) is 0.318. The highest BCUT2D eigenvalue weighted by Gasteiger charge is 2.45. The number of likely N-dealkylation sites (tertiary alicyclic amines) is 1. The number of ketones is 1. The summed E-state index contributed by atoms with van der Waals surface area (Å²) in [5.74, 6) is -1.48. The van der Waals surface area contributed by atoms with Crippen molar-refractivity contribution in [3.05, 3.63) is 70.5 Å². The van der Waals surface area contributed by atoms with Crippen molar-refractivity contribution in [2.45, 2.75) is 19.9 Å². The number of benzene rings is 1. The predicted octanol–water partition coefficient (Wildman–Crippen LogP) is 3.50. The first-order valence-electron chi connectivity index (χ1n) is 9.64. The number of rotatable bonds is 7. The Bertz CT molecular complexity index is 909. The highest BCUT2D eigenvalue weighted by Crippen LogP contribution is 2.39. The number of pyridine rings is 1. The van der Waals surface area contributed by atoms with Gasteiger partial charge >= 0.3 is 0 Å². The van der Waals surface area contributed by atoms with Crippen molar-refractivity contribution in [1.82, 2.24) is 14.8 Å². The number of halogens is 1. The van der Waals surface area contributed by atoms with Crippen LogP contribution in [0.25, 0.3) is 5.76 Å². The molecule has 1 amide bonds. The van der Waals surface area contributed by atoms with Gasteiger partial charge in [0, 0.05) is 36.1 Å². The molecule has 1 atom stereocenters. The molecule has 0 radical (unpaired) electrons. The van der Waals surface area contributed by atoms with Crippen LogP contribution in [-0.2, 0) is 9.59 Å². The van der Waals surface area contributed by atoms with Gasteiger partial charge in [-0.15, -0.1) is 0 Å². The number of Topliss-reactive ketones (excluding diaryl/α,β-unsaturated/α-hetero) is 1. The molecule has 1 aliphatic heterocycles. The van der Waals surface area contributed by atoms with E-state index in [2.05, 4.69) is 23.7 Å². The van der Waals surface area contributed by atoms with Crippen LogP contribution in [0.15, 0.2) is 54.4 Å². The van der Waals surface area contributed by atoms with Gasteiger partial charge in [-0.2, -0.15) is 0 Å². The van der Waals surface area contributed by atoms with E-state index in [0.717, 1.165) is 18.7 Å². The lowest BCUT2D eigenvalue weighted by Crippen LogP contribution is -2.38. The van der Waals surface area contributed by atoms with Crippen molar-refractivity contribution >= 4 is 29.1 Å². The van der Waals surface area contributed by atoms with Crippen LogP contribution in [0.1, 0.15) is 31.0 Å². The molecule has 0 unspecified atom stereocenters. The molecule has 2 aromatic rings. The Balaban J connectivity index is 2.07. The molecule has 1 aliphatic rings. The normalized spacial score (nSPS) is 18.6. The lowest BCUT2D eigenvalue weighted by atomic mass is 9.95. The van der Waals surface area contributed by atoms with Crippen molar-refractivity contribution in [3.8, 4) is 0 Å². The Kier molecular flexibility index (Phi) is 6.67. The van der Waals surface area contributed by atoms with Crippen LogP contribution < -0.4 is 0 Å². The summed E-state index contributed by atoms with van der Waals surface area (Å²) in [7, 11) is 0. The van der Waals surface area contributed by atoms with Gasteiger partial charge in [-0.3, -0.25) is 14.6 Å². The molecule has 1 fully saturated rings. The molecule has 152 valence electrons. The van der Waals surface area contributed by atoms with Gasteiger partial charge in [0.05, 0.1) is 11.6 Å². The molecule has 3 rings (SSSR count).